The van der Waals surface area contributed by atoms with E-state index in [0.717, 1.165) is 6.26 Å². The lowest BCUT2D eigenvalue weighted by molar-refractivity contribution is -0.136. The van der Waals surface area contributed by atoms with Crippen molar-refractivity contribution in [3.63, 3.8) is 0 Å². The molecule has 3 unspecified atom stereocenters. The van der Waals surface area contributed by atoms with Gasteiger partial charge in [-0.25, -0.2) is 8.42 Å². The number of carbonyl (C=O) groups excluding carboxylic acids is 1. The summed E-state index contributed by atoms with van der Waals surface area (Å²) in [6.07, 6.45) is 2.45. The predicted molar refractivity (Wildman–Crippen MR) is 79.3 cm³/mol. The summed E-state index contributed by atoms with van der Waals surface area (Å²) in [4.78, 5) is 16.4. The second-order valence-corrected chi connectivity index (χ2v) is 8.26. The summed E-state index contributed by atoms with van der Waals surface area (Å²) in [6.45, 7) is 1.38. The van der Waals surface area contributed by atoms with Gasteiger partial charge in [0.2, 0.25) is 15.9 Å². The van der Waals surface area contributed by atoms with Crippen molar-refractivity contribution in [3.05, 3.63) is 0 Å². The first-order valence-electron chi connectivity index (χ1n) is 7.30. The third-order valence-corrected chi connectivity index (χ3v) is 5.46. The zero-order valence-corrected chi connectivity index (χ0v) is 13.7. The predicted octanol–water partition coefficient (Wildman–Crippen LogP) is -1.07. The van der Waals surface area contributed by atoms with Gasteiger partial charge in [0.15, 0.2) is 0 Å². The van der Waals surface area contributed by atoms with Crippen LogP contribution in [0.25, 0.3) is 0 Å². The fourth-order valence-corrected chi connectivity index (χ4v) is 4.45. The number of hydrogen-bond donors (Lipinski definition) is 1. The Balaban J connectivity index is 2.14. The first-order valence-corrected chi connectivity index (χ1v) is 9.15. The Morgan fingerprint density at radius 3 is 2.62 bits per heavy atom. The minimum Gasteiger partial charge on any atom is -0.391 e. The highest BCUT2D eigenvalue weighted by Crippen LogP contribution is 2.26. The molecule has 2 saturated heterocycles. The molecule has 0 radical (unpaired) electrons. The van der Waals surface area contributed by atoms with Crippen LogP contribution >= 0.6 is 0 Å². The van der Waals surface area contributed by atoms with Crippen LogP contribution in [0.5, 0.6) is 0 Å². The minimum atomic E-state index is -3.37. The molecule has 0 aromatic carbocycles. The Hall–Kier alpha value is -0.700. The van der Waals surface area contributed by atoms with E-state index in [1.54, 1.807) is 4.90 Å². The Kier molecular flexibility index (Phi) is 4.92. The number of sulfonamides is 1. The molecule has 0 aromatic rings. The quantitative estimate of drug-likeness (QED) is 0.714. The molecule has 2 heterocycles. The van der Waals surface area contributed by atoms with E-state index in [-0.39, 0.29) is 11.9 Å². The van der Waals surface area contributed by atoms with E-state index in [4.69, 9.17) is 0 Å². The first-order chi connectivity index (χ1) is 9.70. The summed E-state index contributed by atoms with van der Waals surface area (Å²) >= 11 is 0. The molecule has 1 N–H and O–H groups in total. The second kappa shape index (κ2) is 6.20. The topological polar surface area (TPSA) is 81.2 Å². The van der Waals surface area contributed by atoms with E-state index in [9.17, 15) is 18.3 Å². The molecule has 7 nitrogen and oxygen atoms in total. The third-order valence-electron chi connectivity index (χ3n) is 4.17. The Morgan fingerprint density at radius 2 is 2.05 bits per heavy atom. The van der Waals surface area contributed by atoms with Gasteiger partial charge in [0, 0.05) is 25.7 Å². The molecule has 0 aliphatic carbocycles. The standard InChI is InChI=1S/C13H25N3O4S/c1-14(2)8-10-7-11(17)9-15(10)13(18)12-5-4-6-16(12)21(3,19)20/h10-12,17H,4-9H2,1-3H3. The van der Waals surface area contributed by atoms with Gasteiger partial charge < -0.3 is 14.9 Å². The van der Waals surface area contributed by atoms with E-state index in [2.05, 4.69) is 0 Å². The van der Waals surface area contributed by atoms with E-state index in [1.165, 1.54) is 4.31 Å². The van der Waals surface area contributed by atoms with E-state index in [1.807, 2.05) is 19.0 Å². The summed E-state index contributed by atoms with van der Waals surface area (Å²) in [5.41, 5.74) is 0. The van der Waals surface area contributed by atoms with Gasteiger partial charge in [0.25, 0.3) is 0 Å². The summed E-state index contributed by atoms with van der Waals surface area (Å²) < 4.78 is 24.9. The molecule has 1 amide bonds. The number of aliphatic hydroxyl groups is 1. The minimum absolute atomic E-state index is 0.0514. The number of rotatable bonds is 4. The molecule has 0 saturated carbocycles. The van der Waals surface area contributed by atoms with E-state index >= 15 is 0 Å². The molecule has 8 heteroatoms. The lowest BCUT2D eigenvalue weighted by Gasteiger charge is -2.31. The Labute approximate surface area is 126 Å². The first kappa shape index (κ1) is 16.7. The highest BCUT2D eigenvalue weighted by Gasteiger charge is 2.43. The average Bonchev–Trinajstić information content (AvgIpc) is 2.93. The van der Waals surface area contributed by atoms with Crippen molar-refractivity contribution in [2.75, 3.05) is 40.0 Å². The van der Waals surface area contributed by atoms with Crippen molar-refractivity contribution in [2.24, 2.45) is 0 Å². The average molecular weight is 319 g/mol. The van der Waals surface area contributed by atoms with Crippen molar-refractivity contribution in [1.29, 1.82) is 0 Å². The number of likely N-dealkylation sites (tertiary alicyclic amines) is 1. The molecule has 2 aliphatic rings. The van der Waals surface area contributed by atoms with Gasteiger partial charge >= 0.3 is 0 Å². The van der Waals surface area contributed by atoms with Crippen molar-refractivity contribution in [3.8, 4) is 0 Å². The summed E-state index contributed by atoms with van der Waals surface area (Å²) in [5.74, 6) is -0.165. The smallest absolute Gasteiger partial charge is 0.241 e. The lowest BCUT2D eigenvalue weighted by atomic mass is 10.1. The van der Waals surface area contributed by atoms with Crippen LogP contribution in [0.1, 0.15) is 19.3 Å². The Morgan fingerprint density at radius 1 is 1.38 bits per heavy atom. The maximum absolute atomic E-state index is 12.7. The normalized spacial score (nSPS) is 31.3. The highest BCUT2D eigenvalue weighted by atomic mass is 32.2. The lowest BCUT2D eigenvalue weighted by Crippen LogP contribution is -2.50. The van der Waals surface area contributed by atoms with Crippen LogP contribution in [0.2, 0.25) is 0 Å². The molecular formula is C13H25N3O4S. The van der Waals surface area contributed by atoms with Crippen molar-refractivity contribution >= 4 is 15.9 Å². The number of nitrogens with zero attached hydrogens (tertiary/aromatic N) is 3. The van der Waals surface area contributed by atoms with Crippen LogP contribution in [0.3, 0.4) is 0 Å². The number of likely N-dealkylation sites (N-methyl/N-ethyl adjacent to an activating group) is 1. The van der Waals surface area contributed by atoms with E-state index < -0.39 is 22.2 Å². The third kappa shape index (κ3) is 3.74. The monoisotopic (exact) mass is 319 g/mol. The van der Waals surface area contributed by atoms with E-state index in [0.29, 0.717) is 38.9 Å². The van der Waals surface area contributed by atoms with Gasteiger partial charge in [-0.3, -0.25) is 4.79 Å². The van der Waals surface area contributed by atoms with Gasteiger partial charge in [0.05, 0.1) is 12.4 Å². The van der Waals surface area contributed by atoms with Crippen molar-refractivity contribution in [1.82, 2.24) is 14.1 Å². The largest absolute Gasteiger partial charge is 0.391 e. The van der Waals surface area contributed by atoms with Gasteiger partial charge in [-0.2, -0.15) is 4.31 Å². The van der Waals surface area contributed by atoms with Crippen LogP contribution in [-0.2, 0) is 14.8 Å². The number of β-amino-alcohol motifs (C(OH)–C–C–N with tert-alkyl or cyclic N) is 1. The van der Waals surface area contributed by atoms with Crippen LogP contribution in [0.15, 0.2) is 0 Å². The molecule has 122 valence electrons. The van der Waals surface area contributed by atoms with Gasteiger partial charge in [-0.15, -0.1) is 0 Å². The molecule has 0 bridgehead atoms. The zero-order chi connectivity index (χ0) is 15.8. The van der Waals surface area contributed by atoms with Gasteiger partial charge in [-0.1, -0.05) is 0 Å². The maximum Gasteiger partial charge on any atom is 0.241 e. The fraction of sp³-hybridized carbons (Fsp3) is 0.923. The zero-order valence-electron chi connectivity index (χ0n) is 12.9. The molecule has 2 rings (SSSR count). The number of carbonyl (C=O) groups is 1. The van der Waals surface area contributed by atoms with Crippen molar-refractivity contribution < 1.29 is 18.3 Å². The fourth-order valence-electron chi connectivity index (χ4n) is 3.33. The molecule has 21 heavy (non-hydrogen) atoms. The second-order valence-electron chi connectivity index (χ2n) is 6.33. The van der Waals surface area contributed by atoms with Crippen LogP contribution in [0.4, 0.5) is 0 Å². The Bertz CT molecular complexity index is 494. The molecule has 2 fully saturated rings. The highest BCUT2D eigenvalue weighted by molar-refractivity contribution is 7.88. The number of amides is 1. The molecular weight excluding hydrogens is 294 g/mol. The summed E-state index contributed by atoms with van der Waals surface area (Å²) in [5, 5.41) is 9.86. The van der Waals surface area contributed by atoms with Crippen LogP contribution in [-0.4, -0.2) is 91.7 Å². The molecule has 3 atom stereocenters. The summed E-state index contributed by atoms with van der Waals surface area (Å²) in [6, 6.07) is -0.653. The van der Waals surface area contributed by atoms with Crippen LogP contribution in [0, 0.1) is 0 Å². The summed E-state index contributed by atoms with van der Waals surface area (Å²) in [7, 11) is 0.477. The van der Waals surface area contributed by atoms with Gasteiger partial charge in [-0.05, 0) is 33.4 Å². The maximum atomic E-state index is 12.7. The van der Waals surface area contributed by atoms with Crippen molar-refractivity contribution in [2.45, 2.75) is 37.5 Å². The molecule has 0 aromatic heterocycles. The number of hydrogen-bond acceptors (Lipinski definition) is 5. The molecule has 0 spiro atoms. The van der Waals surface area contributed by atoms with Crippen LogP contribution < -0.4 is 0 Å². The van der Waals surface area contributed by atoms with Gasteiger partial charge in [0.1, 0.15) is 6.04 Å². The molecule has 2 aliphatic heterocycles. The SMILES string of the molecule is CN(C)CC1CC(O)CN1C(=O)C1CCCN1S(C)(=O)=O. The number of aliphatic hydroxyl groups excluding tert-OH is 1.